The van der Waals surface area contributed by atoms with Gasteiger partial charge < -0.3 is 4.90 Å². The smallest absolute Gasteiger partial charge is 0.336 e. The zero-order valence-electron chi connectivity index (χ0n) is 15.4. The van der Waals surface area contributed by atoms with Crippen LogP contribution >= 0.6 is 0 Å². The lowest BCUT2D eigenvalue weighted by Crippen LogP contribution is -2.50. The number of carbonyl (C=O) groups is 1. The van der Waals surface area contributed by atoms with Gasteiger partial charge in [0.15, 0.2) is 4.90 Å². The summed E-state index contributed by atoms with van der Waals surface area (Å²) in [4.78, 5) is 23.8. The van der Waals surface area contributed by atoms with Crippen LogP contribution in [-0.4, -0.2) is 54.6 Å². The summed E-state index contributed by atoms with van der Waals surface area (Å²) in [7, 11) is -4.14. The second kappa shape index (κ2) is 8.03. The van der Waals surface area contributed by atoms with Crippen molar-refractivity contribution in [1.82, 2.24) is 9.21 Å². The van der Waals surface area contributed by atoms with Crippen LogP contribution in [0, 0.1) is 10.1 Å². The maximum atomic E-state index is 12.8. The van der Waals surface area contributed by atoms with E-state index in [1.165, 1.54) is 17.0 Å². The molecular weight excluding hydrogens is 427 g/mol. The summed E-state index contributed by atoms with van der Waals surface area (Å²) in [5.74, 6) is -0.522. The largest absolute Gasteiger partial charge is 0.416 e. The average molecular weight is 443 g/mol. The van der Waals surface area contributed by atoms with E-state index >= 15 is 0 Å². The second-order valence-corrected chi connectivity index (χ2v) is 8.40. The molecule has 30 heavy (non-hydrogen) atoms. The molecule has 1 fully saturated rings. The minimum atomic E-state index is -4.51. The van der Waals surface area contributed by atoms with Gasteiger partial charge in [0.25, 0.3) is 11.6 Å². The average Bonchev–Trinajstić information content (AvgIpc) is 2.72. The predicted molar refractivity (Wildman–Crippen MR) is 99.2 cm³/mol. The highest BCUT2D eigenvalue weighted by molar-refractivity contribution is 7.89. The molecule has 1 heterocycles. The number of nitro groups is 1. The first-order valence-corrected chi connectivity index (χ1v) is 10.2. The fourth-order valence-corrected chi connectivity index (χ4v) is 4.66. The van der Waals surface area contributed by atoms with Crippen LogP contribution in [0.1, 0.15) is 15.9 Å². The molecule has 160 valence electrons. The van der Waals surface area contributed by atoms with Crippen LogP contribution in [-0.2, 0) is 16.2 Å². The van der Waals surface area contributed by atoms with Gasteiger partial charge in [-0.25, -0.2) is 8.42 Å². The Morgan fingerprint density at radius 3 is 2.07 bits per heavy atom. The van der Waals surface area contributed by atoms with E-state index in [9.17, 15) is 36.5 Å². The molecule has 1 amide bonds. The van der Waals surface area contributed by atoms with Crippen molar-refractivity contribution in [1.29, 1.82) is 0 Å². The minimum Gasteiger partial charge on any atom is -0.336 e. The Balaban J connectivity index is 1.71. The lowest BCUT2D eigenvalue weighted by Gasteiger charge is -2.34. The summed E-state index contributed by atoms with van der Waals surface area (Å²) in [5.41, 5.74) is -1.36. The van der Waals surface area contributed by atoms with E-state index in [0.29, 0.717) is 0 Å². The van der Waals surface area contributed by atoms with Crippen molar-refractivity contribution in [2.75, 3.05) is 26.2 Å². The van der Waals surface area contributed by atoms with Crippen LogP contribution in [0.2, 0.25) is 0 Å². The quantitative estimate of drug-likeness (QED) is 0.534. The molecule has 0 bridgehead atoms. The highest BCUT2D eigenvalue weighted by Gasteiger charge is 2.35. The third-order valence-electron chi connectivity index (χ3n) is 4.66. The number of hydrogen-bond acceptors (Lipinski definition) is 5. The number of para-hydroxylation sites is 1. The number of piperazine rings is 1. The lowest BCUT2D eigenvalue weighted by atomic mass is 10.1. The molecular formula is C18H16F3N3O5S. The van der Waals surface area contributed by atoms with Gasteiger partial charge in [-0.3, -0.25) is 14.9 Å². The molecule has 0 radical (unpaired) electrons. The number of nitrogens with zero attached hydrogens (tertiary/aromatic N) is 3. The number of sulfonamides is 1. The molecule has 3 rings (SSSR count). The fourth-order valence-electron chi connectivity index (χ4n) is 3.08. The van der Waals surface area contributed by atoms with Crippen LogP contribution in [0.4, 0.5) is 18.9 Å². The molecule has 8 nitrogen and oxygen atoms in total. The van der Waals surface area contributed by atoms with Gasteiger partial charge in [0, 0.05) is 37.8 Å². The molecule has 1 saturated heterocycles. The fraction of sp³-hybridized carbons (Fsp3) is 0.278. The van der Waals surface area contributed by atoms with Gasteiger partial charge in [-0.2, -0.15) is 17.5 Å². The minimum absolute atomic E-state index is 0.000281. The number of nitro benzene ring substituents is 1. The van der Waals surface area contributed by atoms with E-state index in [2.05, 4.69) is 0 Å². The standard InChI is InChI=1S/C18H16F3N3O5S/c19-18(20,21)14-7-5-13(6-8-14)17(25)22-9-11-23(12-10-22)30(28,29)16-4-2-1-3-15(16)24(26)27/h1-8H,9-12H2. The van der Waals surface area contributed by atoms with Gasteiger partial charge >= 0.3 is 6.18 Å². The highest BCUT2D eigenvalue weighted by atomic mass is 32.2. The summed E-state index contributed by atoms with van der Waals surface area (Å²) in [6, 6.07) is 8.74. The molecule has 0 unspecified atom stereocenters. The number of alkyl halides is 3. The summed E-state index contributed by atoms with van der Waals surface area (Å²) >= 11 is 0. The maximum absolute atomic E-state index is 12.8. The van der Waals surface area contributed by atoms with E-state index < -0.39 is 43.2 Å². The SMILES string of the molecule is O=C(c1ccc(C(F)(F)F)cc1)N1CCN(S(=O)(=O)c2ccccc2[N+](=O)[O-])CC1. The first-order chi connectivity index (χ1) is 14.0. The van der Waals surface area contributed by atoms with Crippen molar-refractivity contribution in [3.8, 4) is 0 Å². The Morgan fingerprint density at radius 1 is 0.967 bits per heavy atom. The van der Waals surface area contributed by atoms with Crippen LogP contribution in [0.15, 0.2) is 53.4 Å². The number of amides is 1. The number of benzene rings is 2. The number of carbonyl (C=O) groups excluding carboxylic acids is 1. The zero-order valence-corrected chi connectivity index (χ0v) is 16.2. The second-order valence-electron chi connectivity index (χ2n) is 6.50. The van der Waals surface area contributed by atoms with Crippen LogP contribution in [0.5, 0.6) is 0 Å². The topological polar surface area (TPSA) is 101 Å². The van der Waals surface area contributed by atoms with Crippen LogP contribution < -0.4 is 0 Å². The summed E-state index contributed by atoms with van der Waals surface area (Å²) in [6.45, 7) is -0.194. The first-order valence-electron chi connectivity index (χ1n) is 8.72. The molecule has 12 heteroatoms. The third-order valence-corrected chi connectivity index (χ3v) is 6.61. The van der Waals surface area contributed by atoms with Crippen molar-refractivity contribution in [2.24, 2.45) is 0 Å². The summed E-state index contributed by atoms with van der Waals surface area (Å²) in [5, 5.41) is 11.1. The van der Waals surface area contributed by atoms with Crippen molar-refractivity contribution >= 4 is 21.6 Å². The Kier molecular flexibility index (Phi) is 5.81. The van der Waals surface area contributed by atoms with Crippen molar-refractivity contribution in [3.63, 3.8) is 0 Å². The van der Waals surface area contributed by atoms with E-state index in [1.807, 2.05) is 0 Å². The predicted octanol–water partition coefficient (Wildman–Crippen LogP) is 2.76. The first kappa shape index (κ1) is 21.7. The summed E-state index contributed by atoms with van der Waals surface area (Å²) in [6.07, 6.45) is -4.51. The zero-order chi connectivity index (χ0) is 22.1. The molecule has 2 aromatic rings. The molecule has 0 spiro atoms. The van der Waals surface area contributed by atoms with Gasteiger partial charge in [-0.15, -0.1) is 0 Å². The maximum Gasteiger partial charge on any atom is 0.416 e. The number of hydrogen-bond donors (Lipinski definition) is 0. The van der Waals surface area contributed by atoms with Crippen LogP contribution in [0.3, 0.4) is 0 Å². The van der Waals surface area contributed by atoms with Crippen molar-refractivity contribution < 1.29 is 31.3 Å². The normalized spacial score (nSPS) is 15.8. The van der Waals surface area contributed by atoms with Gasteiger partial charge in [-0.05, 0) is 30.3 Å². The molecule has 0 saturated carbocycles. The highest BCUT2D eigenvalue weighted by Crippen LogP contribution is 2.30. The Bertz CT molecular complexity index is 1060. The molecule has 2 aromatic carbocycles. The van der Waals surface area contributed by atoms with E-state index in [0.717, 1.165) is 40.7 Å². The van der Waals surface area contributed by atoms with Gasteiger partial charge in [0.05, 0.1) is 10.5 Å². The number of rotatable bonds is 4. The molecule has 0 atom stereocenters. The molecule has 0 N–H and O–H groups in total. The molecule has 0 aromatic heterocycles. The Labute approximate surface area is 169 Å². The van der Waals surface area contributed by atoms with E-state index in [-0.39, 0.29) is 31.7 Å². The van der Waals surface area contributed by atoms with Crippen molar-refractivity contribution in [3.05, 3.63) is 69.8 Å². The number of halogens is 3. The van der Waals surface area contributed by atoms with E-state index in [1.54, 1.807) is 0 Å². The molecule has 0 aliphatic carbocycles. The van der Waals surface area contributed by atoms with E-state index in [4.69, 9.17) is 0 Å². The third kappa shape index (κ3) is 4.28. The van der Waals surface area contributed by atoms with Crippen molar-refractivity contribution in [2.45, 2.75) is 11.1 Å². The van der Waals surface area contributed by atoms with Gasteiger partial charge in [0.1, 0.15) is 0 Å². The Hall–Kier alpha value is -2.99. The monoisotopic (exact) mass is 443 g/mol. The van der Waals surface area contributed by atoms with Crippen LogP contribution in [0.25, 0.3) is 0 Å². The van der Waals surface area contributed by atoms with Gasteiger partial charge in [0.2, 0.25) is 10.0 Å². The molecule has 1 aliphatic rings. The lowest BCUT2D eigenvalue weighted by molar-refractivity contribution is -0.387. The molecule has 1 aliphatic heterocycles. The Morgan fingerprint density at radius 2 is 1.53 bits per heavy atom. The summed E-state index contributed by atoms with van der Waals surface area (Å²) < 4.78 is 64.6. The van der Waals surface area contributed by atoms with Gasteiger partial charge in [-0.1, -0.05) is 12.1 Å².